The first-order chi connectivity index (χ1) is 5.95. The maximum atomic E-state index is 10.7. The van der Waals surface area contributed by atoms with Gasteiger partial charge in [-0.3, -0.25) is 0 Å². The predicted molar refractivity (Wildman–Crippen MR) is 55.3 cm³/mol. The highest BCUT2D eigenvalue weighted by atomic mass is 79.9. The second kappa shape index (κ2) is 3.55. The number of aryl methyl sites for hydroxylation is 1. The summed E-state index contributed by atoms with van der Waals surface area (Å²) in [5.41, 5.74) is 6.44. The summed E-state index contributed by atoms with van der Waals surface area (Å²) in [7, 11) is 0. The lowest BCUT2D eigenvalue weighted by Gasteiger charge is -2.07. The van der Waals surface area contributed by atoms with Gasteiger partial charge >= 0.3 is 5.97 Å². The summed E-state index contributed by atoms with van der Waals surface area (Å²) >= 11 is 8.97. The lowest BCUT2D eigenvalue weighted by molar-refractivity contribution is 0.0698. The van der Waals surface area contributed by atoms with E-state index in [1.165, 1.54) is 6.07 Å². The molecule has 0 heterocycles. The number of carboxylic acid groups (broad SMARTS) is 1. The molecule has 0 fully saturated rings. The van der Waals surface area contributed by atoms with Crippen molar-refractivity contribution in [3.63, 3.8) is 0 Å². The normalized spacial score (nSPS) is 10.1. The Morgan fingerprint density at radius 1 is 1.69 bits per heavy atom. The summed E-state index contributed by atoms with van der Waals surface area (Å²) in [6, 6.07) is 1.45. The monoisotopic (exact) mass is 263 g/mol. The summed E-state index contributed by atoms with van der Waals surface area (Å²) in [5, 5.41) is 9.21. The van der Waals surface area contributed by atoms with Crippen molar-refractivity contribution in [2.75, 3.05) is 5.73 Å². The molecule has 0 spiro atoms. The molecule has 1 aromatic rings. The van der Waals surface area contributed by atoms with Crippen LogP contribution < -0.4 is 5.73 Å². The van der Waals surface area contributed by atoms with Gasteiger partial charge in [0.15, 0.2) is 0 Å². The van der Waals surface area contributed by atoms with Crippen molar-refractivity contribution in [3.8, 4) is 0 Å². The third-order valence-corrected chi connectivity index (χ3v) is 3.20. The first-order valence-corrected chi connectivity index (χ1v) is 4.59. The molecular weight excluding hydrogens is 257 g/mol. The Kier molecular flexibility index (Phi) is 2.83. The summed E-state index contributed by atoms with van der Waals surface area (Å²) in [6.07, 6.45) is 0. The number of nitrogen functional groups attached to an aromatic ring is 1. The van der Waals surface area contributed by atoms with E-state index in [1.807, 2.05) is 0 Å². The van der Waals surface area contributed by atoms with Gasteiger partial charge in [0.25, 0.3) is 0 Å². The Morgan fingerprint density at radius 2 is 2.23 bits per heavy atom. The molecule has 0 radical (unpaired) electrons. The smallest absolute Gasteiger partial charge is 0.337 e. The van der Waals surface area contributed by atoms with Crippen LogP contribution in [0.15, 0.2) is 10.5 Å². The minimum atomic E-state index is -1.06. The molecule has 3 N–H and O–H groups in total. The third kappa shape index (κ3) is 1.78. The van der Waals surface area contributed by atoms with E-state index in [0.29, 0.717) is 15.1 Å². The van der Waals surface area contributed by atoms with E-state index in [1.54, 1.807) is 6.92 Å². The van der Waals surface area contributed by atoms with Gasteiger partial charge in [-0.1, -0.05) is 11.6 Å². The van der Waals surface area contributed by atoms with Crippen molar-refractivity contribution in [2.24, 2.45) is 0 Å². The number of halogens is 2. The molecule has 0 unspecified atom stereocenters. The molecule has 0 aromatic heterocycles. The second-order valence-corrected chi connectivity index (χ2v) is 3.76. The zero-order chi connectivity index (χ0) is 10.2. The minimum absolute atomic E-state index is 0.0637. The maximum absolute atomic E-state index is 10.7. The van der Waals surface area contributed by atoms with Crippen LogP contribution in [0.2, 0.25) is 5.02 Å². The molecule has 1 aromatic carbocycles. The Hall–Kier alpha value is -0.740. The largest absolute Gasteiger partial charge is 0.478 e. The van der Waals surface area contributed by atoms with Crippen LogP contribution in [0.3, 0.4) is 0 Å². The Balaban J connectivity index is 3.50. The average Bonchev–Trinajstić information content (AvgIpc) is 2.07. The SMILES string of the molecule is Cc1cc(C(=O)O)c(N)c(Br)c1Cl. The van der Waals surface area contributed by atoms with Crippen LogP contribution in [0.1, 0.15) is 15.9 Å². The molecule has 0 bridgehead atoms. The summed E-state index contributed by atoms with van der Waals surface area (Å²) in [6.45, 7) is 1.72. The van der Waals surface area contributed by atoms with E-state index in [4.69, 9.17) is 22.4 Å². The van der Waals surface area contributed by atoms with E-state index in [9.17, 15) is 4.79 Å². The zero-order valence-corrected chi connectivity index (χ0v) is 9.11. The van der Waals surface area contributed by atoms with Crippen molar-refractivity contribution < 1.29 is 9.90 Å². The Morgan fingerprint density at radius 3 is 2.69 bits per heavy atom. The summed E-state index contributed by atoms with van der Waals surface area (Å²) in [5.74, 6) is -1.06. The molecule has 1 rings (SSSR count). The number of hydrogen-bond donors (Lipinski definition) is 2. The van der Waals surface area contributed by atoms with Crippen molar-refractivity contribution in [3.05, 3.63) is 26.7 Å². The minimum Gasteiger partial charge on any atom is -0.478 e. The number of benzene rings is 1. The molecular formula is C8H7BrClNO2. The van der Waals surface area contributed by atoms with Crippen LogP contribution in [0.4, 0.5) is 5.69 Å². The van der Waals surface area contributed by atoms with Gasteiger partial charge in [0.1, 0.15) is 0 Å². The van der Waals surface area contributed by atoms with Gasteiger partial charge in [-0.15, -0.1) is 0 Å². The van der Waals surface area contributed by atoms with Crippen molar-refractivity contribution in [2.45, 2.75) is 6.92 Å². The quantitative estimate of drug-likeness (QED) is 0.767. The van der Waals surface area contributed by atoms with Gasteiger partial charge < -0.3 is 10.8 Å². The molecule has 3 nitrogen and oxygen atoms in total. The molecule has 5 heteroatoms. The molecule has 0 aliphatic carbocycles. The van der Waals surface area contributed by atoms with Crippen LogP contribution in [-0.2, 0) is 0 Å². The van der Waals surface area contributed by atoms with Crippen LogP contribution in [-0.4, -0.2) is 11.1 Å². The topological polar surface area (TPSA) is 63.3 Å². The van der Waals surface area contributed by atoms with Crippen LogP contribution in [0, 0.1) is 6.92 Å². The molecule has 70 valence electrons. The van der Waals surface area contributed by atoms with E-state index in [-0.39, 0.29) is 11.3 Å². The van der Waals surface area contributed by atoms with Gasteiger partial charge in [-0.2, -0.15) is 0 Å². The van der Waals surface area contributed by atoms with Crippen molar-refractivity contribution >= 4 is 39.2 Å². The van der Waals surface area contributed by atoms with Crippen LogP contribution >= 0.6 is 27.5 Å². The summed E-state index contributed by atoms with van der Waals surface area (Å²) in [4.78, 5) is 10.7. The number of nitrogens with two attached hydrogens (primary N) is 1. The highest BCUT2D eigenvalue weighted by Gasteiger charge is 2.14. The number of anilines is 1. The second-order valence-electron chi connectivity index (χ2n) is 2.59. The van der Waals surface area contributed by atoms with Gasteiger partial charge in [-0.05, 0) is 34.5 Å². The molecule has 13 heavy (non-hydrogen) atoms. The predicted octanol–water partition coefficient (Wildman–Crippen LogP) is 2.69. The highest BCUT2D eigenvalue weighted by molar-refractivity contribution is 9.10. The van der Waals surface area contributed by atoms with E-state index < -0.39 is 5.97 Å². The van der Waals surface area contributed by atoms with E-state index in [0.717, 1.165) is 0 Å². The number of aromatic carboxylic acids is 1. The highest BCUT2D eigenvalue weighted by Crippen LogP contribution is 2.34. The molecule has 0 saturated heterocycles. The standard InChI is InChI=1S/C8H7BrClNO2/c1-3-2-4(8(12)13)7(11)5(9)6(3)10/h2H,11H2,1H3,(H,12,13). The Labute approximate surface area is 88.6 Å². The molecule has 0 amide bonds. The van der Waals surface area contributed by atoms with Gasteiger partial charge in [0.05, 0.1) is 20.7 Å². The first-order valence-electron chi connectivity index (χ1n) is 3.42. The third-order valence-electron chi connectivity index (χ3n) is 1.66. The lowest BCUT2D eigenvalue weighted by Crippen LogP contribution is -2.04. The zero-order valence-electron chi connectivity index (χ0n) is 6.77. The number of hydrogen-bond acceptors (Lipinski definition) is 2. The number of rotatable bonds is 1. The molecule has 0 atom stereocenters. The first kappa shape index (κ1) is 10.3. The fraction of sp³-hybridized carbons (Fsp3) is 0.125. The van der Waals surface area contributed by atoms with Crippen LogP contribution in [0.5, 0.6) is 0 Å². The fourth-order valence-corrected chi connectivity index (χ4v) is 1.63. The van der Waals surface area contributed by atoms with Gasteiger partial charge in [0, 0.05) is 0 Å². The van der Waals surface area contributed by atoms with Gasteiger partial charge in [0.2, 0.25) is 0 Å². The molecule has 0 aliphatic rings. The van der Waals surface area contributed by atoms with Crippen LogP contribution in [0.25, 0.3) is 0 Å². The molecule has 0 saturated carbocycles. The van der Waals surface area contributed by atoms with Crippen molar-refractivity contribution in [1.82, 2.24) is 0 Å². The Bertz CT molecular complexity index is 379. The van der Waals surface area contributed by atoms with Crippen molar-refractivity contribution in [1.29, 1.82) is 0 Å². The molecule has 0 aliphatic heterocycles. The van der Waals surface area contributed by atoms with Gasteiger partial charge in [-0.25, -0.2) is 4.79 Å². The fourth-order valence-electron chi connectivity index (χ4n) is 0.944. The number of carbonyl (C=O) groups is 1. The van der Waals surface area contributed by atoms with E-state index in [2.05, 4.69) is 15.9 Å². The lowest BCUT2D eigenvalue weighted by atomic mass is 10.1. The number of carboxylic acids is 1. The summed E-state index contributed by atoms with van der Waals surface area (Å²) < 4.78 is 0.437. The average molecular weight is 265 g/mol. The van der Waals surface area contributed by atoms with E-state index >= 15 is 0 Å². The maximum Gasteiger partial charge on any atom is 0.337 e.